The lowest BCUT2D eigenvalue weighted by molar-refractivity contribution is -0.423. The summed E-state index contributed by atoms with van der Waals surface area (Å²) in [6.07, 6.45) is 3.04. The molecule has 0 amide bonds. The topological polar surface area (TPSA) is 56.8 Å². The normalized spacial score (nSPS) is 12.3. The zero-order valence-corrected chi connectivity index (χ0v) is 8.95. The number of aromatic nitrogens is 3. The number of hydrogen-bond donors (Lipinski definition) is 0. The van der Waals surface area contributed by atoms with Crippen molar-refractivity contribution in [3.8, 4) is 0 Å². The summed E-state index contributed by atoms with van der Waals surface area (Å²) in [6.45, 7) is 0.421. The van der Waals surface area contributed by atoms with Crippen LogP contribution >= 0.6 is 0 Å². The van der Waals surface area contributed by atoms with E-state index in [9.17, 15) is 5.21 Å². The second kappa shape index (κ2) is 4.57. The molecule has 0 atom stereocenters. The predicted octanol–water partition coefficient (Wildman–Crippen LogP) is 0.907. The molecule has 1 heterocycles. The van der Waals surface area contributed by atoms with Gasteiger partial charge in [0.1, 0.15) is 26.2 Å². The van der Waals surface area contributed by atoms with Crippen molar-refractivity contribution in [2.45, 2.75) is 6.54 Å². The summed E-state index contributed by atoms with van der Waals surface area (Å²) in [6, 6.07) is 9.53. The molecule has 16 heavy (non-hydrogen) atoms. The van der Waals surface area contributed by atoms with Crippen LogP contribution in [0.3, 0.4) is 0 Å². The molecule has 0 N–H and O–H groups in total. The first kappa shape index (κ1) is 10.4. The summed E-state index contributed by atoms with van der Waals surface area (Å²) in [5, 5.41) is 15.5. The quantitative estimate of drug-likeness (QED) is 0.331. The Morgan fingerprint density at radius 3 is 2.69 bits per heavy atom. The van der Waals surface area contributed by atoms with Gasteiger partial charge >= 0.3 is 0 Å². The van der Waals surface area contributed by atoms with Gasteiger partial charge in [0, 0.05) is 5.56 Å². The van der Waals surface area contributed by atoms with Crippen LogP contribution in [0.15, 0.2) is 43.0 Å². The molecule has 5 nitrogen and oxygen atoms in total. The Bertz CT molecular complexity index is 472. The Morgan fingerprint density at radius 2 is 2.12 bits per heavy atom. The molecule has 0 unspecified atom stereocenters. The predicted molar refractivity (Wildman–Crippen MR) is 60.1 cm³/mol. The first-order valence-electron chi connectivity index (χ1n) is 4.92. The van der Waals surface area contributed by atoms with E-state index >= 15 is 0 Å². The maximum atomic E-state index is 11.5. The van der Waals surface area contributed by atoms with Gasteiger partial charge in [-0.05, 0) is 12.1 Å². The summed E-state index contributed by atoms with van der Waals surface area (Å²) < 4.78 is 2.48. The van der Waals surface area contributed by atoms with Gasteiger partial charge in [-0.3, -0.25) is 0 Å². The number of hydroxylamine groups is 1. The summed E-state index contributed by atoms with van der Waals surface area (Å²) in [4.78, 5) is 3.85. The van der Waals surface area contributed by atoms with Gasteiger partial charge in [-0.2, -0.15) is 5.10 Å². The SMILES string of the molecule is C/[N+]([O-])=C(/Cn1cncn1)c1ccccc1. The molecule has 0 radical (unpaired) electrons. The Balaban J connectivity index is 2.30. The third-order valence-corrected chi connectivity index (χ3v) is 2.27. The van der Waals surface area contributed by atoms with E-state index in [0.717, 1.165) is 10.3 Å². The molecule has 0 fully saturated rings. The van der Waals surface area contributed by atoms with Crippen LogP contribution in [0.4, 0.5) is 0 Å². The molecule has 0 saturated carbocycles. The first-order chi connectivity index (χ1) is 7.77. The minimum Gasteiger partial charge on any atom is -0.624 e. The van der Waals surface area contributed by atoms with E-state index in [2.05, 4.69) is 10.1 Å². The molecule has 0 spiro atoms. The van der Waals surface area contributed by atoms with Gasteiger partial charge < -0.3 is 5.21 Å². The number of benzene rings is 1. The zero-order valence-electron chi connectivity index (χ0n) is 8.95. The fourth-order valence-corrected chi connectivity index (χ4v) is 1.47. The third kappa shape index (κ3) is 2.25. The van der Waals surface area contributed by atoms with Crippen molar-refractivity contribution in [2.24, 2.45) is 0 Å². The van der Waals surface area contributed by atoms with Crippen LogP contribution in [0.2, 0.25) is 0 Å². The van der Waals surface area contributed by atoms with Crippen molar-refractivity contribution in [2.75, 3.05) is 7.05 Å². The zero-order chi connectivity index (χ0) is 11.4. The van der Waals surface area contributed by atoms with E-state index in [-0.39, 0.29) is 0 Å². The van der Waals surface area contributed by atoms with Crippen LogP contribution in [0.5, 0.6) is 0 Å². The van der Waals surface area contributed by atoms with Gasteiger partial charge in [-0.25, -0.2) is 14.4 Å². The fourth-order valence-electron chi connectivity index (χ4n) is 1.47. The number of rotatable bonds is 3. The van der Waals surface area contributed by atoms with E-state index in [1.165, 1.54) is 13.4 Å². The average Bonchev–Trinajstić information content (AvgIpc) is 2.79. The summed E-state index contributed by atoms with van der Waals surface area (Å²) in [5.74, 6) is 0. The standard InChI is InChI=1S/C11H12N4O/c1-14(16)11(7-15-9-12-8-13-15)10-5-3-2-4-6-10/h2-6,8-9H,7H2,1H3/b14-11+. The smallest absolute Gasteiger partial charge is 0.215 e. The Hall–Kier alpha value is -2.17. The molecule has 2 rings (SSSR count). The maximum Gasteiger partial charge on any atom is 0.215 e. The van der Waals surface area contributed by atoms with Gasteiger partial charge in [0.25, 0.3) is 0 Å². The second-order valence-corrected chi connectivity index (χ2v) is 3.40. The molecule has 1 aromatic carbocycles. The van der Waals surface area contributed by atoms with E-state index in [1.54, 1.807) is 11.0 Å². The molecule has 0 aliphatic heterocycles. The Labute approximate surface area is 93.3 Å². The maximum absolute atomic E-state index is 11.5. The van der Waals surface area contributed by atoms with Crippen molar-refractivity contribution in [1.82, 2.24) is 14.8 Å². The molecule has 0 bridgehead atoms. The van der Waals surface area contributed by atoms with Crippen molar-refractivity contribution in [3.63, 3.8) is 0 Å². The molecule has 82 valence electrons. The van der Waals surface area contributed by atoms with Gasteiger partial charge in [0.05, 0.1) is 0 Å². The minimum atomic E-state index is 0.421. The van der Waals surface area contributed by atoms with Gasteiger partial charge in [-0.1, -0.05) is 18.2 Å². The number of hydrogen-bond acceptors (Lipinski definition) is 3. The summed E-state index contributed by atoms with van der Waals surface area (Å²) in [5.41, 5.74) is 1.56. The molecule has 1 aromatic heterocycles. The van der Waals surface area contributed by atoms with Gasteiger partial charge in [0.2, 0.25) is 5.71 Å². The molecule has 5 heteroatoms. The van der Waals surface area contributed by atoms with Crippen molar-refractivity contribution in [3.05, 3.63) is 53.8 Å². The van der Waals surface area contributed by atoms with Crippen LogP contribution in [0.1, 0.15) is 5.56 Å². The van der Waals surface area contributed by atoms with Crippen LogP contribution in [-0.2, 0) is 6.54 Å². The lowest BCUT2D eigenvalue weighted by Crippen LogP contribution is -2.20. The molecular formula is C11H12N4O. The van der Waals surface area contributed by atoms with Crippen LogP contribution in [-0.4, -0.2) is 32.3 Å². The highest BCUT2D eigenvalue weighted by molar-refractivity contribution is 5.96. The monoisotopic (exact) mass is 216 g/mol. The third-order valence-electron chi connectivity index (χ3n) is 2.27. The lowest BCUT2D eigenvalue weighted by Gasteiger charge is -2.07. The molecule has 0 aliphatic carbocycles. The minimum absolute atomic E-state index is 0.421. The van der Waals surface area contributed by atoms with Gasteiger partial charge in [0.15, 0.2) is 0 Å². The van der Waals surface area contributed by atoms with E-state index in [0.29, 0.717) is 12.3 Å². The second-order valence-electron chi connectivity index (χ2n) is 3.40. The highest BCUT2D eigenvalue weighted by Crippen LogP contribution is 2.02. The van der Waals surface area contributed by atoms with Crippen molar-refractivity contribution >= 4 is 5.71 Å². The summed E-state index contributed by atoms with van der Waals surface area (Å²) >= 11 is 0. The highest BCUT2D eigenvalue weighted by atomic mass is 16.5. The largest absolute Gasteiger partial charge is 0.624 e. The van der Waals surface area contributed by atoms with Crippen molar-refractivity contribution in [1.29, 1.82) is 0 Å². The van der Waals surface area contributed by atoms with Gasteiger partial charge in [-0.15, -0.1) is 0 Å². The summed E-state index contributed by atoms with van der Waals surface area (Å²) in [7, 11) is 1.49. The van der Waals surface area contributed by atoms with E-state index in [1.807, 2.05) is 30.3 Å². The first-order valence-corrected chi connectivity index (χ1v) is 4.92. The number of nitrogens with zero attached hydrogens (tertiary/aromatic N) is 4. The van der Waals surface area contributed by atoms with Crippen molar-refractivity contribution < 1.29 is 4.74 Å². The highest BCUT2D eigenvalue weighted by Gasteiger charge is 2.11. The molecule has 0 aliphatic rings. The lowest BCUT2D eigenvalue weighted by atomic mass is 10.1. The van der Waals surface area contributed by atoms with Crippen LogP contribution in [0.25, 0.3) is 0 Å². The van der Waals surface area contributed by atoms with E-state index < -0.39 is 0 Å². The Kier molecular flexibility index (Phi) is 2.95. The fraction of sp³-hybridized carbons (Fsp3) is 0.182. The Morgan fingerprint density at radius 1 is 1.38 bits per heavy atom. The molecule has 0 saturated heterocycles. The molecule has 2 aromatic rings. The average molecular weight is 216 g/mol. The van der Waals surface area contributed by atoms with Crippen LogP contribution < -0.4 is 0 Å². The molecular weight excluding hydrogens is 204 g/mol. The van der Waals surface area contributed by atoms with Crippen LogP contribution in [0, 0.1) is 5.21 Å². The van der Waals surface area contributed by atoms with E-state index in [4.69, 9.17) is 0 Å².